The van der Waals surface area contributed by atoms with E-state index in [9.17, 15) is 8.42 Å². The zero-order chi connectivity index (χ0) is 14.5. The van der Waals surface area contributed by atoms with Crippen LogP contribution in [0.1, 0.15) is 5.56 Å². The minimum Gasteiger partial charge on any atom is -0.288 e. The number of thioether (sulfide) groups is 1. The van der Waals surface area contributed by atoms with Gasteiger partial charge in [-0.3, -0.25) is 14.6 Å². The maximum atomic E-state index is 10.5. The van der Waals surface area contributed by atoms with Crippen molar-refractivity contribution in [3.8, 4) is 0 Å². The molecule has 1 aliphatic heterocycles. The summed E-state index contributed by atoms with van der Waals surface area (Å²) in [4.78, 5) is 4.05. The molecule has 0 atom stereocenters. The number of aryl methyl sites for hydroxylation is 1. The van der Waals surface area contributed by atoms with E-state index >= 15 is 0 Å². The van der Waals surface area contributed by atoms with E-state index in [0.717, 1.165) is 23.8 Å². The van der Waals surface area contributed by atoms with E-state index in [1.165, 1.54) is 12.1 Å². The van der Waals surface area contributed by atoms with Gasteiger partial charge >= 0.3 is 0 Å². The van der Waals surface area contributed by atoms with Crippen LogP contribution in [0.2, 0.25) is 0 Å². The maximum Gasteiger partial charge on any atom is 0.294 e. The Labute approximate surface area is 117 Å². The Hall–Kier alpha value is -1.09. The molecule has 1 aromatic rings. The second kappa shape index (κ2) is 6.90. The van der Waals surface area contributed by atoms with Gasteiger partial charge < -0.3 is 0 Å². The van der Waals surface area contributed by atoms with Gasteiger partial charge in [0.1, 0.15) is 0 Å². The first-order chi connectivity index (χ1) is 8.84. The second-order valence-electron chi connectivity index (χ2n) is 3.85. The molecule has 0 saturated carbocycles. The molecule has 0 unspecified atom stereocenters. The lowest BCUT2D eigenvalue weighted by molar-refractivity contribution is 0.483. The van der Waals surface area contributed by atoms with Crippen molar-refractivity contribution in [3.05, 3.63) is 29.8 Å². The van der Waals surface area contributed by atoms with Gasteiger partial charge in [0.25, 0.3) is 10.1 Å². The number of hydrogen-bond donors (Lipinski definition) is 2. The predicted molar refractivity (Wildman–Crippen MR) is 77.7 cm³/mol. The number of hydrazine groups is 1. The van der Waals surface area contributed by atoms with Crippen molar-refractivity contribution in [3.63, 3.8) is 0 Å². The number of aliphatic imine (C=N–C) groups is 1. The third kappa shape index (κ3) is 5.19. The van der Waals surface area contributed by atoms with E-state index in [1.807, 2.05) is 13.2 Å². The highest BCUT2D eigenvalue weighted by Gasteiger charge is 2.10. The molecule has 0 aliphatic carbocycles. The largest absolute Gasteiger partial charge is 0.294 e. The Morgan fingerprint density at radius 3 is 2.26 bits per heavy atom. The summed E-state index contributed by atoms with van der Waals surface area (Å²) in [6.45, 7) is 3.57. The van der Waals surface area contributed by atoms with Crippen molar-refractivity contribution < 1.29 is 13.0 Å². The van der Waals surface area contributed by atoms with E-state index in [4.69, 9.17) is 10.4 Å². The van der Waals surface area contributed by atoms with Crippen LogP contribution in [0.3, 0.4) is 0 Å². The molecule has 1 aliphatic rings. The highest BCUT2D eigenvalue weighted by Crippen LogP contribution is 2.08. The van der Waals surface area contributed by atoms with Crippen LogP contribution in [0.4, 0.5) is 0 Å². The first kappa shape index (κ1) is 16.0. The summed E-state index contributed by atoms with van der Waals surface area (Å²) in [7, 11) is -4.02. The lowest BCUT2D eigenvalue weighted by atomic mass is 10.2. The first-order valence-corrected chi connectivity index (χ1v) is 8.16. The van der Waals surface area contributed by atoms with Crippen molar-refractivity contribution in [1.82, 2.24) is 5.01 Å². The van der Waals surface area contributed by atoms with Crippen LogP contribution in [0.15, 0.2) is 34.2 Å². The summed E-state index contributed by atoms with van der Waals surface area (Å²) in [6.07, 6.45) is 1.98. The molecule has 0 bridgehead atoms. The second-order valence-corrected chi connectivity index (χ2v) is 6.04. The Morgan fingerprint density at radius 2 is 1.95 bits per heavy atom. The van der Waals surface area contributed by atoms with Crippen LogP contribution in [-0.4, -0.2) is 42.5 Å². The molecular formula is C11H17N3O3S2. The molecule has 0 saturated heterocycles. The fraction of sp³-hybridized carbons (Fsp3) is 0.364. The van der Waals surface area contributed by atoms with E-state index in [0.29, 0.717) is 0 Å². The van der Waals surface area contributed by atoms with Crippen LogP contribution in [0.5, 0.6) is 0 Å². The summed E-state index contributed by atoms with van der Waals surface area (Å²) < 4.78 is 29.6. The lowest BCUT2D eigenvalue weighted by Crippen LogP contribution is -2.32. The topological polar surface area (TPSA) is 96.0 Å². The molecule has 2 rings (SSSR count). The average molecular weight is 303 g/mol. The van der Waals surface area contributed by atoms with Gasteiger partial charge in [0.15, 0.2) is 5.17 Å². The number of hydrogen-bond acceptors (Lipinski definition) is 6. The van der Waals surface area contributed by atoms with Crippen LogP contribution < -0.4 is 5.84 Å². The van der Waals surface area contributed by atoms with E-state index < -0.39 is 10.1 Å². The maximum absolute atomic E-state index is 10.5. The summed E-state index contributed by atoms with van der Waals surface area (Å²) >= 11 is 1.59. The summed E-state index contributed by atoms with van der Waals surface area (Å²) in [5.41, 5.74) is 0.956. The van der Waals surface area contributed by atoms with Crippen LogP contribution in [0.25, 0.3) is 0 Å². The normalized spacial score (nSPS) is 14.7. The fourth-order valence-corrected chi connectivity index (χ4v) is 2.36. The van der Waals surface area contributed by atoms with Gasteiger partial charge in [0.2, 0.25) is 0 Å². The van der Waals surface area contributed by atoms with Crippen molar-refractivity contribution in [2.24, 2.45) is 10.8 Å². The Balaban J connectivity index is 0.000000200. The molecular weight excluding hydrogens is 286 g/mol. The third-order valence-corrected chi connectivity index (χ3v) is 3.93. The molecule has 0 aromatic heterocycles. The van der Waals surface area contributed by atoms with Crippen LogP contribution in [0, 0.1) is 6.92 Å². The first-order valence-electron chi connectivity index (χ1n) is 5.49. The summed E-state index contributed by atoms with van der Waals surface area (Å²) in [5, 5.41) is 2.62. The summed E-state index contributed by atoms with van der Waals surface area (Å²) in [6, 6.07) is 5.99. The monoisotopic (exact) mass is 303 g/mol. The van der Waals surface area contributed by atoms with Gasteiger partial charge in [-0.2, -0.15) is 8.42 Å². The molecule has 19 heavy (non-hydrogen) atoms. The number of nitrogens with two attached hydrogens (primary N) is 1. The Morgan fingerprint density at radius 1 is 1.37 bits per heavy atom. The molecule has 106 valence electrons. The highest BCUT2D eigenvalue weighted by molar-refractivity contribution is 8.13. The minimum atomic E-state index is -4.02. The lowest BCUT2D eigenvalue weighted by Gasteiger charge is -2.08. The Bertz CT molecular complexity index is 541. The SMILES string of the molecule is CSC1=NCCN1N.Cc1ccc(S(=O)(=O)O)cc1. The molecule has 0 amide bonds. The molecule has 1 aromatic carbocycles. The average Bonchev–Trinajstić information content (AvgIpc) is 2.75. The van der Waals surface area contributed by atoms with E-state index in [2.05, 4.69) is 4.99 Å². The molecule has 0 fully saturated rings. The Kier molecular flexibility index (Phi) is 5.80. The van der Waals surface area contributed by atoms with Crippen molar-refractivity contribution in [1.29, 1.82) is 0 Å². The number of rotatable bonds is 1. The zero-order valence-corrected chi connectivity index (χ0v) is 12.4. The highest BCUT2D eigenvalue weighted by atomic mass is 32.2. The van der Waals surface area contributed by atoms with E-state index in [-0.39, 0.29) is 4.90 Å². The smallest absolute Gasteiger partial charge is 0.288 e. The number of amidine groups is 1. The molecule has 0 radical (unpaired) electrons. The van der Waals surface area contributed by atoms with E-state index in [1.54, 1.807) is 28.9 Å². The van der Waals surface area contributed by atoms with Gasteiger partial charge in [-0.25, -0.2) is 5.84 Å². The van der Waals surface area contributed by atoms with Gasteiger partial charge in [-0.05, 0) is 25.3 Å². The van der Waals surface area contributed by atoms with Crippen molar-refractivity contribution >= 4 is 27.0 Å². The van der Waals surface area contributed by atoms with Gasteiger partial charge in [-0.15, -0.1) is 0 Å². The number of benzene rings is 1. The molecule has 8 heteroatoms. The number of nitrogens with zero attached hydrogens (tertiary/aromatic N) is 2. The molecule has 6 nitrogen and oxygen atoms in total. The van der Waals surface area contributed by atoms with Crippen molar-refractivity contribution in [2.45, 2.75) is 11.8 Å². The van der Waals surface area contributed by atoms with Crippen molar-refractivity contribution in [2.75, 3.05) is 19.3 Å². The zero-order valence-electron chi connectivity index (χ0n) is 10.8. The van der Waals surface area contributed by atoms with Gasteiger partial charge in [-0.1, -0.05) is 29.5 Å². The predicted octanol–water partition coefficient (Wildman–Crippen LogP) is 1.14. The minimum absolute atomic E-state index is 0.0666. The molecule has 3 N–H and O–H groups in total. The quantitative estimate of drug-likeness (QED) is 0.596. The van der Waals surface area contributed by atoms with Gasteiger partial charge in [0, 0.05) is 0 Å². The third-order valence-electron chi connectivity index (χ3n) is 2.34. The summed E-state index contributed by atoms with van der Waals surface area (Å²) in [5.74, 6) is 5.47. The van der Waals surface area contributed by atoms with Crippen LogP contribution >= 0.6 is 11.8 Å². The molecule has 1 heterocycles. The van der Waals surface area contributed by atoms with Crippen LogP contribution in [-0.2, 0) is 10.1 Å². The fourth-order valence-electron chi connectivity index (χ4n) is 1.33. The van der Waals surface area contributed by atoms with Gasteiger partial charge in [0.05, 0.1) is 18.0 Å². The standard InChI is InChI=1S/C7H8O3S.C4H9N3S/c1-6-2-4-7(5-3-6)11(8,9)10;1-8-4-6-2-3-7(4)5/h2-5H,1H3,(H,8,9,10);2-3,5H2,1H3. The molecule has 0 spiro atoms.